The molecular weight excluding hydrogens is 356 g/mol. The molecule has 2 aromatic heterocycles. The summed E-state index contributed by atoms with van der Waals surface area (Å²) in [4.78, 5) is 18.6. The molecule has 28 heavy (non-hydrogen) atoms. The molecular formula is C20H22N6O2. The van der Waals surface area contributed by atoms with Crippen LogP contribution in [-0.4, -0.2) is 43.8 Å². The van der Waals surface area contributed by atoms with Crippen LogP contribution in [0.15, 0.2) is 61.3 Å². The number of urea groups is 1. The number of ether oxygens (including phenoxy) is 1. The average Bonchev–Trinajstić information content (AvgIpc) is 3.29. The third kappa shape index (κ3) is 4.46. The van der Waals surface area contributed by atoms with Crippen molar-refractivity contribution in [3.8, 4) is 5.75 Å². The van der Waals surface area contributed by atoms with Crippen molar-refractivity contribution < 1.29 is 9.53 Å². The minimum atomic E-state index is -0.0793. The Morgan fingerprint density at radius 3 is 2.50 bits per heavy atom. The summed E-state index contributed by atoms with van der Waals surface area (Å²) in [6.07, 6.45) is 7.00. The van der Waals surface area contributed by atoms with Gasteiger partial charge in [-0.2, -0.15) is 0 Å². The Morgan fingerprint density at radius 1 is 1.07 bits per heavy atom. The van der Waals surface area contributed by atoms with E-state index in [0.29, 0.717) is 25.7 Å². The van der Waals surface area contributed by atoms with Gasteiger partial charge in [0, 0.05) is 31.0 Å². The Morgan fingerprint density at radius 2 is 1.82 bits per heavy atom. The lowest BCUT2D eigenvalue weighted by atomic mass is 10.1. The maximum atomic E-state index is 12.5. The smallest absolute Gasteiger partial charge is 0.321 e. The van der Waals surface area contributed by atoms with Crippen LogP contribution in [0.1, 0.15) is 24.6 Å². The van der Waals surface area contributed by atoms with Crippen molar-refractivity contribution >= 4 is 11.7 Å². The molecule has 4 rings (SSSR count). The van der Waals surface area contributed by atoms with Gasteiger partial charge in [0.2, 0.25) is 0 Å². The Bertz CT molecular complexity index is 875. The van der Waals surface area contributed by atoms with Crippen LogP contribution in [0.4, 0.5) is 10.5 Å². The number of carbonyl (C=O) groups is 1. The second-order valence-corrected chi connectivity index (χ2v) is 6.69. The highest BCUT2D eigenvalue weighted by molar-refractivity contribution is 5.89. The molecule has 8 heteroatoms. The molecule has 0 bridgehead atoms. The zero-order valence-corrected chi connectivity index (χ0v) is 15.4. The molecule has 1 saturated heterocycles. The maximum Gasteiger partial charge on any atom is 0.321 e. The summed E-state index contributed by atoms with van der Waals surface area (Å²) in [5.41, 5.74) is 1.62. The number of carbonyl (C=O) groups excluding carboxylic acids is 1. The Hall–Kier alpha value is -3.42. The predicted molar refractivity (Wildman–Crippen MR) is 104 cm³/mol. The van der Waals surface area contributed by atoms with Crippen LogP contribution in [0.2, 0.25) is 0 Å². The topological polar surface area (TPSA) is 85.2 Å². The molecule has 0 spiro atoms. The SMILES string of the molecule is O=C(Nc1ccc(OCc2ccccn2)cc1)N1CCC(n2cnnc2)CC1. The van der Waals surface area contributed by atoms with Crippen molar-refractivity contribution in [2.75, 3.05) is 18.4 Å². The van der Waals surface area contributed by atoms with Crippen LogP contribution in [0.25, 0.3) is 0 Å². The molecule has 0 unspecified atom stereocenters. The van der Waals surface area contributed by atoms with Crippen LogP contribution in [0, 0.1) is 0 Å². The lowest BCUT2D eigenvalue weighted by Gasteiger charge is -2.32. The van der Waals surface area contributed by atoms with Gasteiger partial charge in [0.1, 0.15) is 25.0 Å². The largest absolute Gasteiger partial charge is 0.487 e. The van der Waals surface area contributed by atoms with Crippen LogP contribution < -0.4 is 10.1 Å². The van der Waals surface area contributed by atoms with Gasteiger partial charge in [-0.05, 0) is 49.2 Å². The zero-order chi connectivity index (χ0) is 19.2. The Kier molecular flexibility index (Phi) is 5.46. The third-order valence-electron chi connectivity index (χ3n) is 4.83. The van der Waals surface area contributed by atoms with Crippen molar-refractivity contribution in [3.05, 3.63) is 67.0 Å². The fourth-order valence-corrected chi connectivity index (χ4v) is 3.24. The molecule has 1 aliphatic heterocycles. The van der Waals surface area contributed by atoms with Crippen molar-refractivity contribution in [1.29, 1.82) is 0 Å². The second-order valence-electron chi connectivity index (χ2n) is 6.69. The number of rotatable bonds is 5. The summed E-state index contributed by atoms with van der Waals surface area (Å²) in [6, 6.07) is 13.4. The van der Waals surface area contributed by atoms with E-state index in [1.807, 2.05) is 51.9 Å². The van der Waals surface area contributed by atoms with E-state index in [-0.39, 0.29) is 6.03 Å². The van der Waals surface area contributed by atoms with E-state index < -0.39 is 0 Å². The van der Waals surface area contributed by atoms with E-state index in [0.717, 1.165) is 30.0 Å². The van der Waals surface area contributed by atoms with Crippen molar-refractivity contribution in [3.63, 3.8) is 0 Å². The van der Waals surface area contributed by atoms with Gasteiger partial charge in [-0.3, -0.25) is 4.98 Å². The standard InChI is InChI=1S/C20H22N6O2/c27-20(25-11-8-18(9-12-25)26-14-22-23-15-26)24-16-4-6-19(7-5-16)28-13-17-3-1-2-10-21-17/h1-7,10,14-15,18H,8-9,11-13H2,(H,24,27). The number of likely N-dealkylation sites (tertiary alicyclic amines) is 1. The number of piperidine rings is 1. The number of hydrogen-bond donors (Lipinski definition) is 1. The highest BCUT2D eigenvalue weighted by Gasteiger charge is 2.23. The first-order valence-electron chi connectivity index (χ1n) is 9.31. The van der Waals surface area contributed by atoms with Gasteiger partial charge in [0.15, 0.2) is 0 Å². The van der Waals surface area contributed by atoms with E-state index in [4.69, 9.17) is 4.74 Å². The zero-order valence-electron chi connectivity index (χ0n) is 15.4. The fraction of sp³-hybridized carbons (Fsp3) is 0.300. The number of aromatic nitrogens is 4. The van der Waals surface area contributed by atoms with Gasteiger partial charge in [-0.1, -0.05) is 6.07 Å². The number of pyridine rings is 1. The molecule has 1 aromatic carbocycles. The van der Waals surface area contributed by atoms with Gasteiger partial charge in [0.05, 0.1) is 5.69 Å². The normalized spacial score (nSPS) is 14.6. The Balaban J connectivity index is 1.25. The van der Waals surface area contributed by atoms with Gasteiger partial charge >= 0.3 is 6.03 Å². The number of anilines is 1. The lowest BCUT2D eigenvalue weighted by Crippen LogP contribution is -2.41. The highest BCUT2D eigenvalue weighted by Crippen LogP contribution is 2.23. The number of hydrogen-bond acceptors (Lipinski definition) is 5. The quantitative estimate of drug-likeness (QED) is 0.737. The average molecular weight is 378 g/mol. The van der Waals surface area contributed by atoms with E-state index in [9.17, 15) is 4.79 Å². The van der Waals surface area contributed by atoms with Crippen LogP contribution in [0.3, 0.4) is 0 Å². The number of nitrogens with one attached hydrogen (secondary N) is 1. The molecule has 3 heterocycles. The van der Waals surface area contributed by atoms with E-state index in [2.05, 4.69) is 20.5 Å². The van der Waals surface area contributed by atoms with Crippen molar-refractivity contribution in [2.45, 2.75) is 25.5 Å². The molecule has 0 saturated carbocycles. The predicted octanol–water partition coefficient (Wildman–Crippen LogP) is 3.12. The summed E-state index contributed by atoms with van der Waals surface area (Å²) in [5.74, 6) is 0.735. The minimum absolute atomic E-state index is 0.0793. The van der Waals surface area contributed by atoms with Crippen LogP contribution in [-0.2, 0) is 6.61 Å². The number of benzene rings is 1. The van der Waals surface area contributed by atoms with Gasteiger partial charge < -0.3 is 19.5 Å². The van der Waals surface area contributed by atoms with E-state index >= 15 is 0 Å². The first kappa shape index (κ1) is 18.0. The van der Waals surface area contributed by atoms with Crippen LogP contribution >= 0.6 is 0 Å². The van der Waals surface area contributed by atoms with E-state index in [1.54, 1.807) is 18.9 Å². The maximum absolute atomic E-state index is 12.5. The first-order chi connectivity index (χ1) is 13.8. The summed E-state index contributed by atoms with van der Waals surface area (Å²) in [5, 5.41) is 10.7. The highest BCUT2D eigenvalue weighted by atomic mass is 16.5. The van der Waals surface area contributed by atoms with Gasteiger partial charge in [-0.15, -0.1) is 10.2 Å². The van der Waals surface area contributed by atoms with Gasteiger partial charge in [0.25, 0.3) is 0 Å². The Labute approximate surface area is 163 Å². The molecule has 0 aliphatic carbocycles. The van der Waals surface area contributed by atoms with Crippen LogP contribution in [0.5, 0.6) is 5.75 Å². The summed E-state index contributed by atoms with van der Waals surface area (Å²) in [7, 11) is 0. The fourth-order valence-electron chi connectivity index (χ4n) is 3.24. The summed E-state index contributed by atoms with van der Waals surface area (Å²) in [6.45, 7) is 1.83. The molecule has 1 aliphatic rings. The molecule has 3 aromatic rings. The first-order valence-corrected chi connectivity index (χ1v) is 9.31. The number of amides is 2. The minimum Gasteiger partial charge on any atom is -0.487 e. The molecule has 1 fully saturated rings. The van der Waals surface area contributed by atoms with E-state index in [1.165, 1.54) is 0 Å². The van der Waals surface area contributed by atoms with Gasteiger partial charge in [-0.25, -0.2) is 4.79 Å². The molecule has 1 N–H and O–H groups in total. The molecule has 0 atom stereocenters. The summed E-state index contributed by atoms with van der Waals surface area (Å²) >= 11 is 0. The lowest BCUT2D eigenvalue weighted by molar-refractivity contribution is 0.183. The third-order valence-corrected chi connectivity index (χ3v) is 4.83. The molecule has 0 radical (unpaired) electrons. The van der Waals surface area contributed by atoms with Crippen molar-refractivity contribution in [2.24, 2.45) is 0 Å². The second kappa shape index (κ2) is 8.51. The summed E-state index contributed by atoms with van der Waals surface area (Å²) < 4.78 is 7.73. The molecule has 2 amide bonds. The number of nitrogens with zero attached hydrogens (tertiary/aromatic N) is 5. The molecule has 8 nitrogen and oxygen atoms in total. The van der Waals surface area contributed by atoms with Crippen molar-refractivity contribution in [1.82, 2.24) is 24.6 Å². The monoisotopic (exact) mass is 378 g/mol. The molecule has 144 valence electrons.